The van der Waals surface area contributed by atoms with Gasteiger partial charge in [0.1, 0.15) is 5.82 Å². The van der Waals surface area contributed by atoms with Crippen LogP contribution >= 0.6 is 39.1 Å². The highest BCUT2D eigenvalue weighted by molar-refractivity contribution is 9.08. The second-order valence-corrected chi connectivity index (χ2v) is 5.35. The highest BCUT2D eigenvalue weighted by Crippen LogP contribution is 2.22. The maximum Gasteiger partial charge on any atom is 0.132 e. The van der Waals surface area contributed by atoms with Crippen molar-refractivity contribution >= 4 is 39.1 Å². The minimum Gasteiger partial charge on any atom is -0.241 e. The Balaban J connectivity index is 2.26. The summed E-state index contributed by atoms with van der Waals surface area (Å²) in [6.07, 6.45) is 2.45. The van der Waals surface area contributed by atoms with Crippen LogP contribution in [0.3, 0.4) is 0 Å². The zero-order valence-electron chi connectivity index (χ0n) is 9.75. The van der Waals surface area contributed by atoms with E-state index in [9.17, 15) is 0 Å². The summed E-state index contributed by atoms with van der Waals surface area (Å²) in [7, 11) is 0. The number of hydrogen-bond acceptors (Lipinski definition) is 2. The fourth-order valence-electron chi connectivity index (χ4n) is 1.59. The number of halogens is 3. The molecule has 0 saturated carbocycles. The van der Waals surface area contributed by atoms with E-state index in [4.69, 9.17) is 23.2 Å². The van der Waals surface area contributed by atoms with Crippen molar-refractivity contribution in [2.24, 2.45) is 0 Å². The van der Waals surface area contributed by atoms with Crippen molar-refractivity contribution < 1.29 is 0 Å². The maximum atomic E-state index is 6.13. The molecule has 94 valence electrons. The van der Waals surface area contributed by atoms with Gasteiger partial charge >= 0.3 is 0 Å². The first kappa shape index (κ1) is 13.8. The van der Waals surface area contributed by atoms with Crippen LogP contribution < -0.4 is 0 Å². The summed E-state index contributed by atoms with van der Waals surface area (Å²) in [5.74, 6) is 0.765. The molecular weight excluding hydrogens is 335 g/mol. The Kier molecular flexibility index (Phi) is 4.60. The number of aromatic nitrogens is 2. The van der Waals surface area contributed by atoms with Crippen molar-refractivity contribution in [1.29, 1.82) is 0 Å². The molecule has 0 spiro atoms. The summed E-state index contributed by atoms with van der Waals surface area (Å²) >= 11 is 15.4. The molecule has 0 aliphatic carbocycles. The van der Waals surface area contributed by atoms with E-state index in [0.717, 1.165) is 28.0 Å². The van der Waals surface area contributed by atoms with E-state index in [2.05, 4.69) is 25.9 Å². The maximum absolute atomic E-state index is 6.13. The smallest absolute Gasteiger partial charge is 0.132 e. The lowest BCUT2D eigenvalue weighted by atomic mass is 10.1. The molecule has 1 heterocycles. The topological polar surface area (TPSA) is 25.8 Å². The molecule has 0 amide bonds. The van der Waals surface area contributed by atoms with Crippen LogP contribution in [0.2, 0.25) is 10.0 Å². The monoisotopic (exact) mass is 344 g/mol. The van der Waals surface area contributed by atoms with E-state index in [1.807, 2.05) is 25.3 Å². The average molecular weight is 346 g/mol. The van der Waals surface area contributed by atoms with Gasteiger partial charge in [-0.1, -0.05) is 45.2 Å². The van der Waals surface area contributed by atoms with Gasteiger partial charge in [-0.2, -0.15) is 0 Å². The number of rotatable bonds is 3. The Bertz CT molecular complexity index is 573. The minimum absolute atomic E-state index is 0.611. The lowest BCUT2D eigenvalue weighted by molar-refractivity contribution is 0.925. The molecule has 0 aliphatic heterocycles. The van der Waals surface area contributed by atoms with E-state index in [-0.39, 0.29) is 0 Å². The van der Waals surface area contributed by atoms with Crippen molar-refractivity contribution in [3.05, 3.63) is 57.1 Å². The van der Waals surface area contributed by atoms with Crippen LogP contribution in [-0.4, -0.2) is 9.97 Å². The van der Waals surface area contributed by atoms with E-state index in [1.165, 1.54) is 0 Å². The van der Waals surface area contributed by atoms with Gasteiger partial charge in [-0.3, -0.25) is 0 Å². The molecule has 0 atom stereocenters. The second kappa shape index (κ2) is 6.00. The van der Waals surface area contributed by atoms with Gasteiger partial charge in [0.15, 0.2) is 0 Å². The Labute approximate surface area is 124 Å². The summed E-state index contributed by atoms with van der Waals surface area (Å²) < 4.78 is 0. The van der Waals surface area contributed by atoms with Crippen molar-refractivity contribution in [1.82, 2.24) is 9.97 Å². The van der Waals surface area contributed by atoms with Crippen LogP contribution in [0.5, 0.6) is 0 Å². The number of aryl methyl sites for hydroxylation is 1. The van der Waals surface area contributed by atoms with Gasteiger partial charge in [-0.15, -0.1) is 0 Å². The summed E-state index contributed by atoms with van der Waals surface area (Å²) in [4.78, 5) is 8.81. The van der Waals surface area contributed by atoms with E-state index in [0.29, 0.717) is 16.5 Å². The molecule has 2 nitrogen and oxygen atoms in total. The lowest BCUT2D eigenvalue weighted by Crippen LogP contribution is -2.01. The van der Waals surface area contributed by atoms with Crippen LogP contribution in [-0.2, 0) is 11.8 Å². The third-order valence-corrected chi connectivity index (χ3v) is 3.83. The molecule has 0 unspecified atom stereocenters. The fraction of sp³-hybridized carbons (Fsp3) is 0.231. The van der Waals surface area contributed by atoms with Gasteiger partial charge in [0.05, 0.1) is 0 Å². The molecule has 0 aliphatic rings. The number of hydrogen-bond donors (Lipinski definition) is 0. The highest BCUT2D eigenvalue weighted by Gasteiger charge is 2.07. The molecule has 0 fully saturated rings. The summed E-state index contributed by atoms with van der Waals surface area (Å²) in [6, 6.07) is 5.46. The van der Waals surface area contributed by atoms with Crippen LogP contribution in [0.25, 0.3) is 0 Å². The fourth-order valence-corrected chi connectivity index (χ4v) is 2.62. The Hall–Kier alpha value is -0.640. The third-order valence-electron chi connectivity index (χ3n) is 2.64. The Morgan fingerprint density at radius 3 is 2.61 bits per heavy atom. The molecule has 0 saturated heterocycles. The van der Waals surface area contributed by atoms with E-state index in [1.54, 1.807) is 6.07 Å². The molecule has 2 aromatic rings. The predicted octanol–water partition coefficient (Wildman–Crippen LogP) is 4.58. The van der Waals surface area contributed by atoms with Gasteiger partial charge in [-0.05, 0) is 24.6 Å². The quantitative estimate of drug-likeness (QED) is 0.761. The first-order valence-corrected chi connectivity index (χ1v) is 7.29. The van der Waals surface area contributed by atoms with Crippen molar-refractivity contribution in [3.63, 3.8) is 0 Å². The average Bonchev–Trinajstić information content (AvgIpc) is 2.33. The number of nitrogens with zero attached hydrogens (tertiary/aromatic N) is 2. The summed E-state index contributed by atoms with van der Waals surface area (Å²) in [6.45, 7) is 1.98. The van der Waals surface area contributed by atoms with E-state index < -0.39 is 0 Å². The first-order valence-electron chi connectivity index (χ1n) is 5.41. The largest absolute Gasteiger partial charge is 0.241 e. The normalized spacial score (nSPS) is 10.7. The van der Waals surface area contributed by atoms with Gasteiger partial charge in [-0.25, -0.2) is 9.97 Å². The molecule has 2 rings (SSSR count). The van der Waals surface area contributed by atoms with Crippen LogP contribution in [0.4, 0.5) is 0 Å². The summed E-state index contributed by atoms with van der Waals surface area (Å²) in [5, 5.41) is 2.05. The Morgan fingerprint density at radius 1 is 1.22 bits per heavy atom. The minimum atomic E-state index is 0.611. The first-order chi connectivity index (χ1) is 8.60. The standard InChI is InChI=1S/C13H11BrCl2N2/c1-8-10(6-14)7-17-13(18-8)4-9-2-3-11(15)5-12(9)16/h2-3,5,7H,4,6H2,1H3. The second-order valence-electron chi connectivity index (χ2n) is 3.94. The van der Waals surface area contributed by atoms with Crippen molar-refractivity contribution in [3.8, 4) is 0 Å². The molecule has 0 bridgehead atoms. The molecule has 5 heteroatoms. The SMILES string of the molecule is Cc1nc(Cc2ccc(Cl)cc2Cl)ncc1CBr. The van der Waals surface area contributed by atoms with Gasteiger partial charge < -0.3 is 0 Å². The number of alkyl halides is 1. The number of benzene rings is 1. The van der Waals surface area contributed by atoms with Crippen LogP contribution in [0.1, 0.15) is 22.6 Å². The van der Waals surface area contributed by atoms with Gasteiger partial charge in [0, 0.05) is 39.3 Å². The van der Waals surface area contributed by atoms with Crippen molar-refractivity contribution in [2.75, 3.05) is 0 Å². The lowest BCUT2D eigenvalue weighted by Gasteiger charge is -2.06. The molecule has 0 radical (unpaired) electrons. The van der Waals surface area contributed by atoms with Gasteiger partial charge in [0.2, 0.25) is 0 Å². The van der Waals surface area contributed by atoms with Crippen LogP contribution in [0.15, 0.2) is 24.4 Å². The third kappa shape index (κ3) is 3.22. The highest BCUT2D eigenvalue weighted by atomic mass is 79.9. The Morgan fingerprint density at radius 2 is 2.00 bits per heavy atom. The molecular formula is C13H11BrCl2N2. The molecule has 18 heavy (non-hydrogen) atoms. The zero-order chi connectivity index (χ0) is 13.1. The summed E-state index contributed by atoms with van der Waals surface area (Å²) in [5.41, 5.74) is 3.06. The van der Waals surface area contributed by atoms with Gasteiger partial charge in [0.25, 0.3) is 0 Å². The molecule has 0 N–H and O–H groups in total. The predicted molar refractivity (Wildman–Crippen MR) is 78.7 cm³/mol. The molecule has 1 aromatic heterocycles. The van der Waals surface area contributed by atoms with Crippen LogP contribution in [0, 0.1) is 6.92 Å². The van der Waals surface area contributed by atoms with Crippen molar-refractivity contribution in [2.45, 2.75) is 18.7 Å². The molecule has 1 aromatic carbocycles. The zero-order valence-corrected chi connectivity index (χ0v) is 12.8. The van der Waals surface area contributed by atoms with E-state index >= 15 is 0 Å².